The van der Waals surface area contributed by atoms with Crippen LogP contribution in [-0.2, 0) is 4.74 Å². The molecule has 3 unspecified atom stereocenters. The van der Waals surface area contributed by atoms with Gasteiger partial charge in [-0.25, -0.2) is 0 Å². The molecule has 106 valence electrons. The first-order valence-electron chi connectivity index (χ1n) is 6.86. The zero-order valence-electron chi connectivity index (χ0n) is 11.6. The van der Waals surface area contributed by atoms with Crippen LogP contribution >= 0.6 is 11.6 Å². The Morgan fingerprint density at radius 1 is 1.37 bits per heavy atom. The summed E-state index contributed by atoms with van der Waals surface area (Å²) < 4.78 is 5.70. The molecule has 4 heteroatoms. The standard InChI is InChI=1S/C15H22ClNO2/c1-11-9-17(10-12(2)19-11)7-6-15(18)13-4-3-5-14(16)8-13/h3-5,8,11-12,15,18H,6-7,9-10H2,1-2H3. The summed E-state index contributed by atoms with van der Waals surface area (Å²) in [5, 5.41) is 10.9. The van der Waals surface area contributed by atoms with E-state index in [4.69, 9.17) is 16.3 Å². The number of benzene rings is 1. The van der Waals surface area contributed by atoms with Gasteiger partial charge in [0.15, 0.2) is 0 Å². The van der Waals surface area contributed by atoms with Gasteiger partial charge in [-0.1, -0.05) is 23.7 Å². The van der Waals surface area contributed by atoms with E-state index in [2.05, 4.69) is 18.7 Å². The van der Waals surface area contributed by atoms with Crippen molar-refractivity contribution in [2.45, 2.75) is 38.6 Å². The summed E-state index contributed by atoms with van der Waals surface area (Å²) in [6, 6.07) is 7.45. The van der Waals surface area contributed by atoms with Crippen LogP contribution in [0.15, 0.2) is 24.3 Å². The second-order valence-electron chi connectivity index (χ2n) is 5.38. The molecule has 1 heterocycles. The molecule has 2 rings (SSSR count). The number of hydrogen-bond acceptors (Lipinski definition) is 3. The van der Waals surface area contributed by atoms with Gasteiger partial charge in [0.05, 0.1) is 18.3 Å². The van der Waals surface area contributed by atoms with E-state index in [1.54, 1.807) is 0 Å². The van der Waals surface area contributed by atoms with Gasteiger partial charge < -0.3 is 9.84 Å². The number of nitrogens with zero attached hydrogens (tertiary/aromatic N) is 1. The number of halogens is 1. The van der Waals surface area contributed by atoms with Gasteiger partial charge in [0, 0.05) is 24.7 Å². The van der Waals surface area contributed by atoms with Gasteiger partial charge in [0.25, 0.3) is 0 Å². The second kappa shape index (κ2) is 6.71. The summed E-state index contributed by atoms with van der Waals surface area (Å²) in [7, 11) is 0. The molecule has 1 saturated heterocycles. The van der Waals surface area contributed by atoms with Crippen LogP contribution in [0.2, 0.25) is 5.02 Å². The van der Waals surface area contributed by atoms with E-state index in [1.165, 1.54) is 0 Å². The largest absolute Gasteiger partial charge is 0.388 e. The number of rotatable bonds is 4. The Balaban J connectivity index is 1.84. The smallest absolute Gasteiger partial charge is 0.0802 e. The predicted octanol–water partition coefficient (Wildman–Crippen LogP) is 2.87. The summed E-state index contributed by atoms with van der Waals surface area (Å²) in [4.78, 5) is 2.35. The molecular weight excluding hydrogens is 262 g/mol. The van der Waals surface area contributed by atoms with Crippen LogP contribution in [-0.4, -0.2) is 41.8 Å². The van der Waals surface area contributed by atoms with Crippen LogP contribution < -0.4 is 0 Å². The van der Waals surface area contributed by atoms with E-state index in [0.717, 1.165) is 31.6 Å². The van der Waals surface area contributed by atoms with E-state index in [1.807, 2.05) is 24.3 Å². The highest BCUT2D eigenvalue weighted by Crippen LogP contribution is 2.21. The van der Waals surface area contributed by atoms with E-state index in [9.17, 15) is 5.11 Å². The third-order valence-corrected chi connectivity index (χ3v) is 3.68. The first kappa shape index (κ1) is 14.8. The van der Waals surface area contributed by atoms with Crippen molar-refractivity contribution < 1.29 is 9.84 Å². The third kappa shape index (κ3) is 4.46. The molecule has 0 spiro atoms. The zero-order chi connectivity index (χ0) is 13.8. The minimum absolute atomic E-state index is 0.270. The monoisotopic (exact) mass is 283 g/mol. The van der Waals surface area contributed by atoms with Crippen molar-refractivity contribution in [3.05, 3.63) is 34.9 Å². The number of hydrogen-bond donors (Lipinski definition) is 1. The molecule has 0 aromatic heterocycles. The minimum Gasteiger partial charge on any atom is -0.388 e. The number of aliphatic hydroxyl groups is 1. The topological polar surface area (TPSA) is 32.7 Å². The SMILES string of the molecule is CC1CN(CCC(O)c2cccc(Cl)c2)CC(C)O1. The summed E-state index contributed by atoms with van der Waals surface area (Å²) >= 11 is 5.94. The molecule has 1 aliphatic rings. The molecule has 1 aromatic carbocycles. The number of aliphatic hydroxyl groups excluding tert-OH is 1. The van der Waals surface area contributed by atoms with Crippen LogP contribution in [0, 0.1) is 0 Å². The Morgan fingerprint density at radius 2 is 2.05 bits per heavy atom. The Kier molecular flexibility index (Phi) is 5.22. The molecule has 1 fully saturated rings. The summed E-state index contributed by atoms with van der Waals surface area (Å²) in [6.45, 7) is 6.94. The average molecular weight is 284 g/mol. The van der Waals surface area contributed by atoms with E-state index >= 15 is 0 Å². The van der Waals surface area contributed by atoms with Gasteiger partial charge in [0.1, 0.15) is 0 Å². The normalized spacial score (nSPS) is 26.3. The van der Waals surface area contributed by atoms with Gasteiger partial charge in [-0.2, -0.15) is 0 Å². The maximum absolute atomic E-state index is 10.2. The molecule has 19 heavy (non-hydrogen) atoms. The van der Waals surface area contributed by atoms with Crippen molar-refractivity contribution in [3.8, 4) is 0 Å². The van der Waals surface area contributed by atoms with Gasteiger partial charge in [-0.15, -0.1) is 0 Å². The molecule has 0 radical (unpaired) electrons. The second-order valence-corrected chi connectivity index (χ2v) is 5.81. The quantitative estimate of drug-likeness (QED) is 0.922. The highest BCUT2D eigenvalue weighted by atomic mass is 35.5. The molecular formula is C15H22ClNO2. The lowest BCUT2D eigenvalue weighted by atomic mass is 10.1. The molecule has 1 aliphatic heterocycles. The van der Waals surface area contributed by atoms with Crippen molar-refractivity contribution in [2.24, 2.45) is 0 Å². The highest BCUT2D eigenvalue weighted by Gasteiger charge is 2.22. The van der Waals surface area contributed by atoms with Crippen LogP contribution in [0.4, 0.5) is 0 Å². The fourth-order valence-electron chi connectivity index (χ4n) is 2.65. The molecule has 0 amide bonds. The lowest BCUT2D eigenvalue weighted by molar-refractivity contribution is -0.0702. The summed E-state index contributed by atoms with van der Waals surface area (Å²) in [5.41, 5.74) is 0.891. The molecule has 1 N–H and O–H groups in total. The van der Waals surface area contributed by atoms with Crippen LogP contribution in [0.25, 0.3) is 0 Å². The third-order valence-electron chi connectivity index (χ3n) is 3.45. The first-order chi connectivity index (χ1) is 9.04. The van der Waals surface area contributed by atoms with Crippen LogP contribution in [0.1, 0.15) is 31.9 Å². The summed E-state index contributed by atoms with van der Waals surface area (Å²) in [5.74, 6) is 0. The predicted molar refractivity (Wildman–Crippen MR) is 77.5 cm³/mol. The van der Waals surface area contributed by atoms with Gasteiger partial charge in [-0.05, 0) is 38.0 Å². The van der Waals surface area contributed by atoms with Crippen LogP contribution in [0.5, 0.6) is 0 Å². The Morgan fingerprint density at radius 3 is 2.68 bits per heavy atom. The molecule has 3 atom stereocenters. The lowest BCUT2D eigenvalue weighted by Crippen LogP contribution is -2.45. The molecule has 0 bridgehead atoms. The Bertz CT molecular complexity index is 403. The van der Waals surface area contributed by atoms with Crippen molar-refractivity contribution in [1.29, 1.82) is 0 Å². The van der Waals surface area contributed by atoms with Crippen molar-refractivity contribution in [3.63, 3.8) is 0 Å². The number of ether oxygens (including phenoxy) is 1. The van der Waals surface area contributed by atoms with E-state index in [-0.39, 0.29) is 12.2 Å². The molecule has 1 aromatic rings. The number of morpholine rings is 1. The van der Waals surface area contributed by atoms with Crippen molar-refractivity contribution in [1.82, 2.24) is 4.90 Å². The van der Waals surface area contributed by atoms with E-state index in [0.29, 0.717) is 5.02 Å². The fourth-order valence-corrected chi connectivity index (χ4v) is 2.85. The summed E-state index contributed by atoms with van der Waals surface area (Å²) in [6.07, 6.45) is 0.811. The first-order valence-corrected chi connectivity index (χ1v) is 7.23. The molecule has 0 saturated carbocycles. The zero-order valence-corrected chi connectivity index (χ0v) is 12.3. The Hall–Kier alpha value is -0.610. The van der Waals surface area contributed by atoms with Gasteiger partial charge >= 0.3 is 0 Å². The fraction of sp³-hybridized carbons (Fsp3) is 0.600. The maximum atomic E-state index is 10.2. The minimum atomic E-state index is -0.452. The van der Waals surface area contributed by atoms with Crippen molar-refractivity contribution >= 4 is 11.6 Å². The molecule has 3 nitrogen and oxygen atoms in total. The lowest BCUT2D eigenvalue weighted by Gasteiger charge is -2.35. The Labute approximate surface area is 120 Å². The molecule has 0 aliphatic carbocycles. The van der Waals surface area contributed by atoms with Gasteiger partial charge in [-0.3, -0.25) is 4.90 Å². The highest BCUT2D eigenvalue weighted by molar-refractivity contribution is 6.30. The van der Waals surface area contributed by atoms with Gasteiger partial charge in [0.2, 0.25) is 0 Å². The van der Waals surface area contributed by atoms with Crippen molar-refractivity contribution in [2.75, 3.05) is 19.6 Å². The van der Waals surface area contributed by atoms with Crippen LogP contribution in [0.3, 0.4) is 0 Å². The maximum Gasteiger partial charge on any atom is 0.0802 e. The average Bonchev–Trinajstić information content (AvgIpc) is 2.35. The van der Waals surface area contributed by atoms with E-state index < -0.39 is 6.10 Å².